The molecule has 0 unspecified atom stereocenters. The van der Waals surface area contributed by atoms with Crippen LogP contribution in [0.25, 0.3) is 0 Å². The molecule has 1 aliphatic rings. The van der Waals surface area contributed by atoms with E-state index in [-0.39, 0.29) is 47.5 Å². The fourth-order valence-corrected chi connectivity index (χ4v) is 4.74. The first kappa shape index (κ1) is 30.8. The number of hydrogen-bond donors (Lipinski definition) is 2. The molecule has 3 aromatic carbocycles. The highest BCUT2D eigenvalue weighted by atomic mass is 19.1. The lowest BCUT2D eigenvalue weighted by atomic mass is 10.0. The van der Waals surface area contributed by atoms with Gasteiger partial charge < -0.3 is 34.3 Å². The summed E-state index contributed by atoms with van der Waals surface area (Å²) in [7, 11) is 4.19. The van der Waals surface area contributed by atoms with Gasteiger partial charge in [0.15, 0.2) is 17.3 Å². The molecule has 12 heteroatoms. The molecule has 2 atom stereocenters. The maximum absolute atomic E-state index is 14.6. The highest BCUT2D eigenvalue weighted by molar-refractivity contribution is 6.09. The molecule has 0 spiro atoms. The molecule has 0 radical (unpaired) electrons. The van der Waals surface area contributed by atoms with Gasteiger partial charge in [-0.05, 0) is 49.2 Å². The Morgan fingerprint density at radius 1 is 0.884 bits per heavy atom. The Balaban J connectivity index is 1.52. The van der Waals surface area contributed by atoms with E-state index < -0.39 is 41.7 Å². The number of rotatable bonds is 9. The van der Waals surface area contributed by atoms with E-state index in [4.69, 9.17) is 18.9 Å². The molecule has 2 amide bonds. The highest BCUT2D eigenvalue weighted by Crippen LogP contribution is 2.25. The number of benzene rings is 3. The minimum Gasteiger partial charge on any atom is -0.497 e. The molecule has 0 aromatic heterocycles. The van der Waals surface area contributed by atoms with E-state index in [1.54, 1.807) is 6.07 Å². The number of nitrogens with zero attached hydrogens (tertiary/aromatic N) is 1. The second kappa shape index (κ2) is 13.7. The number of methoxy groups -OCH3 is 3. The number of halogens is 1. The average molecular weight is 595 g/mol. The van der Waals surface area contributed by atoms with Gasteiger partial charge in [0.1, 0.15) is 17.6 Å². The third-order valence-corrected chi connectivity index (χ3v) is 7.05. The molecule has 226 valence electrons. The third-order valence-electron chi connectivity index (χ3n) is 7.05. The van der Waals surface area contributed by atoms with Crippen LogP contribution in [0.4, 0.5) is 9.18 Å². The van der Waals surface area contributed by atoms with Gasteiger partial charge >= 0.3 is 12.1 Å². The molecule has 0 aliphatic carbocycles. The van der Waals surface area contributed by atoms with Gasteiger partial charge in [-0.2, -0.15) is 0 Å². The van der Waals surface area contributed by atoms with Gasteiger partial charge in [0, 0.05) is 30.3 Å². The van der Waals surface area contributed by atoms with Gasteiger partial charge in [-0.15, -0.1) is 0 Å². The SMILES string of the molecule is COc1cc(OC)cc(C(=O)N[C@@H]2CN(C(=O)O)CCC[C@H]2OC(=O)c2ccc(C(=O)c3cccc(OC)c3F)cc2)c1. The number of ether oxygens (including phenoxy) is 4. The molecule has 1 fully saturated rings. The molecule has 1 saturated heterocycles. The lowest BCUT2D eigenvalue weighted by Crippen LogP contribution is -2.51. The number of carboxylic acid groups (broad SMARTS) is 1. The predicted molar refractivity (Wildman–Crippen MR) is 152 cm³/mol. The number of amides is 2. The first-order chi connectivity index (χ1) is 20.6. The first-order valence-corrected chi connectivity index (χ1v) is 13.3. The van der Waals surface area contributed by atoms with Crippen molar-refractivity contribution in [2.45, 2.75) is 25.0 Å². The minimum absolute atomic E-state index is 0.0666. The third kappa shape index (κ3) is 7.21. The van der Waals surface area contributed by atoms with E-state index in [9.17, 15) is 28.7 Å². The van der Waals surface area contributed by atoms with Crippen LogP contribution in [-0.2, 0) is 4.74 Å². The Morgan fingerprint density at radius 3 is 2.14 bits per heavy atom. The summed E-state index contributed by atoms with van der Waals surface area (Å²) in [6.45, 7) is 0.0834. The van der Waals surface area contributed by atoms with Crippen molar-refractivity contribution < 1.29 is 47.6 Å². The van der Waals surface area contributed by atoms with Crippen LogP contribution in [0.5, 0.6) is 17.2 Å². The molecular formula is C31H31FN2O9. The summed E-state index contributed by atoms with van der Waals surface area (Å²) in [5.74, 6) is -1.95. The normalized spacial score (nSPS) is 16.4. The van der Waals surface area contributed by atoms with Crippen molar-refractivity contribution in [1.82, 2.24) is 10.2 Å². The smallest absolute Gasteiger partial charge is 0.407 e. The lowest BCUT2D eigenvalue weighted by molar-refractivity contribution is 0.0179. The van der Waals surface area contributed by atoms with Crippen molar-refractivity contribution in [2.75, 3.05) is 34.4 Å². The van der Waals surface area contributed by atoms with Crippen molar-refractivity contribution in [3.63, 3.8) is 0 Å². The van der Waals surface area contributed by atoms with Crippen LogP contribution in [0.15, 0.2) is 60.7 Å². The van der Waals surface area contributed by atoms with Gasteiger partial charge in [0.25, 0.3) is 5.91 Å². The van der Waals surface area contributed by atoms with Crippen LogP contribution in [0.3, 0.4) is 0 Å². The molecule has 3 aromatic rings. The Morgan fingerprint density at radius 2 is 1.53 bits per heavy atom. The molecule has 43 heavy (non-hydrogen) atoms. The maximum atomic E-state index is 14.6. The number of hydrogen-bond acceptors (Lipinski definition) is 8. The van der Waals surface area contributed by atoms with E-state index in [1.807, 2.05) is 0 Å². The molecule has 2 N–H and O–H groups in total. The fraction of sp³-hybridized carbons (Fsp3) is 0.290. The van der Waals surface area contributed by atoms with Gasteiger partial charge in [-0.1, -0.05) is 18.2 Å². The number of carbonyl (C=O) groups excluding carboxylic acids is 3. The summed E-state index contributed by atoms with van der Waals surface area (Å²) in [6, 6.07) is 13.5. The quantitative estimate of drug-likeness (QED) is 0.276. The van der Waals surface area contributed by atoms with E-state index in [1.165, 1.54) is 75.9 Å². The van der Waals surface area contributed by atoms with Crippen molar-refractivity contribution in [3.8, 4) is 17.2 Å². The summed E-state index contributed by atoms with van der Waals surface area (Å²) < 4.78 is 35.8. The largest absolute Gasteiger partial charge is 0.497 e. The highest BCUT2D eigenvalue weighted by Gasteiger charge is 2.33. The maximum Gasteiger partial charge on any atom is 0.407 e. The summed E-state index contributed by atoms with van der Waals surface area (Å²) >= 11 is 0. The Kier molecular flexibility index (Phi) is 9.81. The molecule has 4 rings (SSSR count). The van der Waals surface area contributed by atoms with E-state index in [2.05, 4.69) is 5.32 Å². The monoisotopic (exact) mass is 594 g/mol. The summed E-state index contributed by atoms with van der Waals surface area (Å²) in [4.78, 5) is 52.2. The second-order valence-corrected chi connectivity index (χ2v) is 9.72. The summed E-state index contributed by atoms with van der Waals surface area (Å²) in [5.41, 5.74) is 0.294. The van der Waals surface area contributed by atoms with Gasteiger partial charge in [0.2, 0.25) is 0 Å². The Labute approximate surface area is 247 Å². The van der Waals surface area contributed by atoms with E-state index in [0.717, 1.165) is 4.90 Å². The fourth-order valence-electron chi connectivity index (χ4n) is 4.74. The topological polar surface area (TPSA) is 141 Å². The van der Waals surface area contributed by atoms with Crippen LogP contribution < -0.4 is 19.5 Å². The standard InChI is InChI=1S/C31H31FN2O9/c1-40-21-14-20(15-22(16-21)41-2)29(36)33-24-17-34(31(38)39)13-5-8-25(24)43-30(37)19-11-9-18(10-12-19)28(35)23-6-4-7-26(42-3)27(23)32/h4,6-7,9-12,14-16,24-25H,5,8,13,17H2,1-3H3,(H,33,36)(H,38,39)/t24-,25-/m1/s1. The average Bonchev–Trinajstić information content (AvgIpc) is 3.22. The van der Waals surface area contributed by atoms with E-state index in [0.29, 0.717) is 17.9 Å². The van der Waals surface area contributed by atoms with Gasteiger partial charge in [0.05, 0.1) is 38.5 Å². The summed E-state index contributed by atoms with van der Waals surface area (Å²) in [5, 5.41) is 12.4. The summed E-state index contributed by atoms with van der Waals surface area (Å²) in [6.07, 6.45) is -1.35. The van der Waals surface area contributed by atoms with Crippen molar-refractivity contribution >= 4 is 23.8 Å². The van der Waals surface area contributed by atoms with Gasteiger partial charge in [-0.25, -0.2) is 14.0 Å². The number of carbonyl (C=O) groups is 4. The van der Waals surface area contributed by atoms with Crippen molar-refractivity contribution in [3.05, 3.63) is 88.7 Å². The molecule has 1 aliphatic heterocycles. The Hall–Kier alpha value is -5.13. The molecule has 11 nitrogen and oxygen atoms in total. The second-order valence-electron chi connectivity index (χ2n) is 9.72. The van der Waals surface area contributed by atoms with Crippen LogP contribution in [0, 0.1) is 5.82 Å². The van der Waals surface area contributed by atoms with Gasteiger partial charge in [-0.3, -0.25) is 9.59 Å². The molecule has 0 saturated carbocycles. The number of likely N-dealkylation sites (tertiary alicyclic amines) is 1. The number of ketones is 1. The van der Waals surface area contributed by atoms with E-state index >= 15 is 0 Å². The van der Waals surface area contributed by atoms with Crippen LogP contribution >= 0.6 is 0 Å². The lowest BCUT2D eigenvalue weighted by Gasteiger charge is -2.28. The molecule has 1 heterocycles. The van der Waals surface area contributed by atoms with Crippen LogP contribution in [-0.4, -0.2) is 80.3 Å². The predicted octanol–water partition coefficient (Wildman–Crippen LogP) is 4.18. The zero-order valence-electron chi connectivity index (χ0n) is 23.8. The van der Waals surface area contributed by atoms with Crippen LogP contribution in [0.2, 0.25) is 0 Å². The van der Waals surface area contributed by atoms with Crippen molar-refractivity contribution in [2.24, 2.45) is 0 Å². The molecule has 0 bridgehead atoms. The zero-order chi connectivity index (χ0) is 31.1. The number of nitrogens with one attached hydrogen (secondary N) is 1. The minimum atomic E-state index is -1.16. The number of esters is 1. The zero-order valence-corrected chi connectivity index (χ0v) is 23.8. The Bertz CT molecular complexity index is 1490. The molecular weight excluding hydrogens is 563 g/mol. The van der Waals surface area contributed by atoms with Crippen LogP contribution in [0.1, 0.15) is 49.5 Å². The van der Waals surface area contributed by atoms with Crippen molar-refractivity contribution in [1.29, 1.82) is 0 Å². The first-order valence-electron chi connectivity index (χ1n) is 13.3.